The Hall–Kier alpha value is -3.96. The van der Waals surface area contributed by atoms with Crippen LogP contribution in [0.1, 0.15) is 22.7 Å². The number of nitrogens with zero attached hydrogens (tertiary/aromatic N) is 6. The van der Waals surface area contributed by atoms with Crippen molar-refractivity contribution in [2.75, 3.05) is 13.3 Å². The minimum absolute atomic E-state index is 0.0407. The maximum Gasteiger partial charge on any atom is 0.167 e. The molecule has 0 saturated heterocycles. The Morgan fingerprint density at radius 2 is 1.68 bits per heavy atom. The fourth-order valence-electron chi connectivity index (χ4n) is 3.32. The topological polar surface area (TPSA) is 119 Å². The van der Waals surface area contributed by atoms with Crippen molar-refractivity contribution in [3.8, 4) is 16.9 Å². The first kappa shape index (κ1) is 21.7. The van der Waals surface area contributed by atoms with Gasteiger partial charge in [-0.2, -0.15) is 0 Å². The molecule has 0 aromatic heterocycles. The van der Waals surface area contributed by atoms with E-state index >= 15 is 0 Å². The van der Waals surface area contributed by atoms with Gasteiger partial charge in [-0.3, -0.25) is 0 Å². The molecule has 8 heteroatoms. The van der Waals surface area contributed by atoms with Gasteiger partial charge < -0.3 is 10.1 Å². The number of benzene rings is 3. The minimum atomic E-state index is -0.124. The second-order valence-corrected chi connectivity index (χ2v) is 6.94. The lowest BCUT2D eigenvalue weighted by molar-refractivity contribution is 0.327. The Kier molecular flexibility index (Phi) is 7.91. The Morgan fingerprint density at radius 1 is 0.903 bits per heavy atom. The number of hydrogen-bond acceptors (Lipinski definition) is 4. The van der Waals surface area contributed by atoms with Crippen LogP contribution in [0.5, 0.6) is 5.75 Å². The van der Waals surface area contributed by atoms with Crippen molar-refractivity contribution in [3.05, 3.63) is 110 Å². The highest BCUT2D eigenvalue weighted by Crippen LogP contribution is 2.24. The molecule has 0 heterocycles. The third kappa shape index (κ3) is 6.26. The zero-order chi connectivity index (χ0) is 21.9. The second kappa shape index (κ2) is 11.3. The second-order valence-electron chi connectivity index (χ2n) is 6.94. The van der Waals surface area contributed by atoms with Gasteiger partial charge in [0.25, 0.3) is 0 Å². The van der Waals surface area contributed by atoms with Gasteiger partial charge in [-0.05, 0) is 57.9 Å². The van der Waals surface area contributed by atoms with Crippen LogP contribution in [0, 0.1) is 6.92 Å². The van der Waals surface area contributed by atoms with Gasteiger partial charge >= 0.3 is 0 Å². The fraction of sp³-hybridized carbons (Fsp3) is 0.217. The van der Waals surface area contributed by atoms with E-state index in [-0.39, 0.29) is 12.8 Å². The predicted molar refractivity (Wildman–Crippen MR) is 121 cm³/mol. The van der Waals surface area contributed by atoms with Crippen molar-refractivity contribution < 1.29 is 4.74 Å². The molecule has 0 aliphatic carbocycles. The van der Waals surface area contributed by atoms with Gasteiger partial charge in [-0.1, -0.05) is 70.9 Å². The number of azide groups is 2. The summed E-state index contributed by atoms with van der Waals surface area (Å²) in [5, 5.41) is 10.7. The van der Waals surface area contributed by atoms with Crippen LogP contribution >= 0.6 is 0 Å². The molecule has 0 aliphatic rings. The maximum atomic E-state index is 8.82. The first-order chi connectivity index (χ1) is 15.2. The Bertz CT molecular complexity index is 1100. The molecule has 8 nitrogen and oxygen atoms in total. The third-order valence-electron chi connectivity index (χ3n) is 4.86. The molecule has 3 aromatic rings. The molecule has 3 aromatic carbocycles. The molecule has 156 valence electrons. The van der Waals surface area contributed by atoms with Gasteiger partial charge in [0.1, 0.15) is 5.75 Å². The summed E-state index contributed by atoms with van der Waals surface area (Å²) in [5.41, 5.74) is 22.5. The summed E-state index contributed by atoms with van der Waals surface area (Å²) in [6.45, 7) is 2.80. The summed E-state index contributed by atoms with van der Waals surface area (Å²) in [4.78, 5) is 5.61. The van der Waals surface area contributed by atoms with Gasteiger partial charge in [0.15, 0.2) is 6.73 Å². The fourth-order valence-corrected chi connectivity index (χ4v) is 3.32. The monoisotopic (exact) mass is 413 g/mol. The highest BCUT2D eigenvalue weighted by molar-refractivity contribution is 5.64. The predicted octanol–water partition coefficient (Wildman–Crippen LogP) is 6.45. The summed E-state index contributed by atoms with van der Waals surface area (Å²) in [5.74, 6) is 0.678. The van der Waals surface area contributed by atoms with Gasteiger partial charge in [0.2, 0.25) is 0 Å². The molecule has 1 N–H and O–H groups in total. The molecule has 0 spiro atoms. The normalized spacial score (nSPS) is 11.1. The highest BCUT2D eigenvalue weighted by Gasteiger charge is 2.12. The van der Waals surface area contributed by atoms with Crippen LogP contribution in [0.15, 0.2) is 83.0 Å². The van der Waals surface area contributed by atoms with Crippen molar-refractivity contribution in [2.24, 2.45) is 10.2 Å². The molecule has 1 atom stereocenters. The number of rotatable bonds is 10. The average molecular weight is 413 g/mol. The van der Waals surface area contributed by atoms with Crippen molar-refractivity contribution in [2.45, 2.75) is 19.5 Å². The average Bonchev–Trinajstić information content (AvgIpc) is 2.81. The van der Waals surface area contributed by atoms with Crippen LogP contribution in [0.25, 0.3) is 32.0 Å². The van der Waals surface area contributed by atoms with E-state index < -0.39 is 0 Å². The minimum Gasteiger partial charge on any atom is -0.487 e. The van der Waals surface area contributed by atoms with E-state index in [0.29, 0.717) is 18.8 Å². The molecule has 31 heavy (non-hydrogen) atoms. The molecular formula is C23H23N7O. The van der Waals surface area contributed by atoms with Gasteiger partial charge in [0, 0.05) is 29.0 Å². The van der Waals surface area contributed by atoms with E-state index in [2.05, 4.69) is 49.6 Å². The van der Waals surface area contributed by atoms with Crippen LogP contribution < -0.4 is 10.1 Å². The Labute approximate surface area is 180 Å². The molecule has 3 rings (SSSR count). The van der Waals surface area contributed by atoms with E-state index in [9.17, 15) is 0 Å². The summed E-state index contributed by atoms with van der Waals surface area (Å²) in [6, 6.07) is 24.1. The molecular weight excluding hydrogens is 390 g/mol. The Balaban J connectivity index is 1.74. The summed E-state index contributed by atoms with van der Waals surface area (Å²) in [6.07, 6.45) is 0. The van der Waals surface area contributed by atoms with Crippen LogP contribution in [0.2, 0.25) is 0 Å². The standard InChI is InChI=1S/C23H23N7O/c1-17-12-18(10-11-23(17)31-16-28-30-25)14-26-22(15-27-29-24)21-9-5-8-20(13-21)19-6-3-2-4-7-19/h2-13,22,26H,14-16H2,1H3. The summed E-state index contributed by atoms with van der Waals surface area (Å²) < 4.78 is 5.44. The molecule has 0 amide bonds. The van der Waals surface area contributed by atoms with E-state index in [0.717, 1.165) is 27.8 Å². The van der Waals surface area contributed by atoms with E-state index in [1.165, 1.54) is 0 Å². The van der Waals surface area contributed by atoms with Gasteiger partial charge in [-0.25, -0.2) is 0 Å². The largest absolute Gasteiger partial charge is 0.487 e. The van der Waals surface area contributed by atoms with Crippen molar-refractivity contribution in [3.63, 3.8) is 0 Å². The molecule has 0 fully saturated rings. The SMILES string of the molecule is Cc1cc(CNC(CN=[N+]=[N-])c2cccc(-c3ccccc3)c2)ccc1OCN=[N+]=[N-]. The van der Waals surface area contributed by atoms with Crippen LogP contribution in [0.3, 0.4) is 0 Å². The molecule has 0 radical (unpaired) electrons. The van der Waals surface area contributed by atoms with Crippen molar-refractivity contribution in [1.29, 1.82) is 0 Å². The number of aryl methyl sites for hydroxylation is 1. The van der Waals surface area contributed by atoms with Crippen LogP contribution in [0.4, 0.5) is 0 Å². The van der Waals surface area contributed by atoms with Crippen molar-refractivity contribution >= 4 is 0 Å². The van der Waals surface area contributed by atoms with E-state index in [1.807, 2.05) is 55.5 Å². The smallest absolute Gasteiger partial charge is 0.167 e. The molecule has 0 bridgehead atoms. The van der Waals surface area contributed by atoms with E-state index in [1.54, 1.807) is 0 Å². The Morgan fingerprint density at radius 3 is 2.42 bits per heavy atom. The lowest BCUT2D eigenvalue weighted by atomic mass is 9.99. The van der Waals surface area contributed by atoms with Gasteiger partial charge in [0.05, 0.1) is 0 Å². The number of hydrogen-bond donors (Lipinski definition) is 1. The third-order valence-corrected chi connectivity index (χ3v) is 4.86. The number of ether oxygens (including phenoxy) is 1. The van der Waals surface area contributed by atoms with E-state index in [4.69, 9.17) is 15.8 Å². The van der Waals surface area contributed by atoms with Crippen LogP contribution in [-0.2, 0) is 6.54 Å². The summed E-state index contributed by atoms with van der Waals surface area (Å²) >= 11 is 0. The zero-order valence-corrected chi connectivity index (χ0v) is 17.2. The van der Waals surface area contributed by atoms with Gasteiger partial charge in [-0.15, -0.1) is 0 Å². The maximum absolute atomic E-state index is 8.82. The first-order valence-corrected chi connectivity index (χ1v) is 9.84. The molecule has 0 saturated carbocycles. The first-order valence-electron chi connectivity index (χ1n) is 9.84. The quantitative estimate of drug-likeness (QED) is 0.233. The number of nitrogens with one attached hydrogen (secondary N) is 1. The molecule has 1 unspecified atom stereocenters. The lowest BCUT2D eigenvalue weighted by Crippen LogP contribution is -2.23. The highest BCUT2D eigenvalue weighted by atomic mass is 16.5. The molecule has 0 aliphatic heterocycles. The lowest BCUT2D eigenvalue weighted by Gasteiger charge is -2.19. The zero-order valence-electron chi connectivity index (χ0n) is 17.2. The summed E-state index contributed by atoms with van der Waals surface area (Å²) in [7, 11) is 0. The van der Waals surface area contributed by atoms with Crippen LogP contribution in [-0.4, -0.2) is 13.3 Å². The van der Waals surface area contributed by atoms with Crippen molar-refractivity contribution in [1.82, 2.24) is 5.32 Å².